The number of rotatable bonds is 10. The van der Waals surface area contributed by atoms with E-state index in [9.17, 15) is 27.6 Å². The number of aromatic nitrogens is 3. The summed E-state index contributed by atoms with van der Waals surface area (Å²) in [5.74, 6) is -2.05. The van der Waals surface area contributed by atoms with Crippen molar-refractivity contribution in [1.82, 2.24) is 19.0 Å². The molecule has 0 bridgehead atoms. The molecule has 0 aliphatic rings. The van der Waals surface area contributed by atoms with Crippen molar-refractivity contribution in [3.05, 3.63) is 146 Å². The summed E-state index contributed by atoms with van der Waals surface area (Å²) in [7, 11) is 1.87. The molecule has 3 aromatic heterocycles. The van der Waals surface area contributed by atoms with Crippen molar-refractivity contribution < 1.29 is 18.0 Å². The number of nitrogens with one attached hydrogen (secondary N) is 1. The first-order valence-corrected chi connectivity index (χ1v) is 15.7. The van der Waals surface area contributed by atoms with Crippen LogP contribution in [0.15, 0.2) is 101 Å². The summed E-state index contributed by atoms with van der Waals surface area (Å²) in [6, 6.07) is 20.2. The van der Waals surface area contributed by atoms with Crippen molar-refractivity contribution in [1.29, 1.82) is 0 Å². The van der Waals surface area contributed by atoms with Crippen molar-refractivity contribution in [2.75, 3.05) is 12.4 Å². The molecule has 0 aliphatic heterocycles. The van der Waals surface area contributed by atoms with E-state index in [1.165, 1.54) is 34.1 Å². The minimum atomic E-state index is -0.750. The molecule has 6 rings (SSSR count). The first-order chi connectivity index (χ1) is 23.1. The Hall–Kier alpha value is -5.53. The van der Waals surface area contributed by atoms with Gasteiger partial charge in [-0.05, 0) is 85.3 Å². The van der Waals surface area contributed by atoms with Gasteiger partial charge in [-0.1, -0.05) is 24.3 Å². The van der Waals surface area contributed by atoms with Gasteiger partial charge in [-0.15, -0.1) is 11.3 Å². The number of amides is 2. The Morgan fingerprint density at radius 1 is 0.896 bits per heavy atom. The van der Waals surface area contributed by atoms with Crippen molar-refractivity contribution in [2.45, 2.75) is 26.1 Å². The summed E-state index contributed by atoms with van der Waals surface area (Å²) < 4.78 is 45.6. The number of pyridine rings is 1. The van der Waals surface area contributed by atoms with E-state index in [-0.39, 0.29) is 36.1 Å². The summed E-state index contributed by atoms with van der Waals surface area (Å²) in [6.07, 6.45) is 1.51. The molecule has 13 heteroatoms. The average molecular weight is 671 g/mol. The fourth-order valence-corrected chi connectivity index (χ4v) is 6.93. The number of nitrogens with zero attached hydrogens (tertiary/aromatic N) is 4. The summed E-state index contributed by atoms with van der Waals surface area (Å²) >= 11 is 1.20. The van der Waals surface area contributed by atoms with Crippen LogP contribution in [0.25, 0.3) is 26.3 Å². The maximum atomic E-state index is 14.7. The molecule has 0 saturated heterocycles. The second-order valence-corrected chi connectivity index (χ2v) is 12.2. The molecule has 0 atom stereocenters. The van der Waals surface area contributed by atoms with Gasteiger partial charge in [-0.25, -0.2) is 27.3 Å². The number of thiophene rings is 1. The third kappa shape index (κ3) is 6.64. The highest BCUT2D eigenvalue weighted by Crippen LogP contribution is 2.38. The quantitative estimate of drug-likeness (QED) is 0.184. The maximum Gasteiger partial charge on any atom is 0.336 e. The maximum absolute atomic E-state index is 14.7. The zero-order valence-electron chi connectivity index (χ0n) is 25.6. The van der Waals surface area contributed by atoms with Crippen LogP contribution in [-0.4, -0.2) is 32.1 Å². The van der Waals surface area contributed by atoms with E-state index in [0.29, 0.717) is 33.1 Å². The predicted octanol–water partition coefficient (Wildman–Crippen LogP) is 6.06. The number of aryl methyl sites for hydroxylation is 1. The highest BCUT2D eigenvalue weighted by atomic mass is 32.1. The summed E-state index contributed by atoms with van der Waals surface area (Å²) in [5, 5.41) is 2.76. The number of urea groups is 1. The minimum absolute atomic E-state index is 0.140. The standard InChI is InChI=1S/C35H29F3N6O3S/c1-42(19-24-5-2-3-17-40-24)20-27-30-32(45)44(25-14-10-22(36)11-15-25)35(47)43(18-16-26-28(37)6-4-7-29(26)38)33(30)48-31(27)21-8-12-23(13-9-21)41-34(39)46/h2-15,17H,16,18-20H2,1H3,(H3,39,41,46). The fourth-order valence-electron chi connectivity index (χ4n) is 5.60. The third-order valence-corrected chi connectivity index (χ3v) is 9.11. The molecule has 0 saturated carbocycles. The highest BCUT2D eigenvalue weighted by molar-refractivity contribution is 7.22. The lowest BCUT2D eigenvalue weighted by Crippen LogP contribution is -2.39. The lowest BCUT2D eigenvalue weighted by molar-refractivity contribution is 0.259. The van der Waals surface area contributed by atoms with E-state index in [1.54, 1.807) is 30.5 Å². The third-order valence-electron chi connectivity index (χ3n) is 7.81. The topological polar surface area (TPSA) is 115 Å². The van der Waals surface area contributed by atoms with Crippen molar-refractivity contribution in [3.8, 4) is 16.1 Å². The van der Waals surface area contributed by atoms with Crippen molar-refractivity contribution >= 4 is 33.3 Å². The van der Waals surface area contributed by atoms with Gasteiger partial charge in [-0.2, -0.15) is 0 Å². The van der Waals surface area contributed by atoms with E-state index >= 15 is 0 Å². The van der Waals surface area contributed by atoms with Crippen LogP contribution >= 0.6 is 11.3 Å². The molecule has 3 heterocycles. The Bertz CT molecular complexity index is 2210. The molecule has 6 aromatic rings. The first kappa shape index (κ1) is 32.4. The molecule has 0 fully saturated rings. The molecular formula is C35H29F3N6O3S. The molecule has 48 heavy (non-hydrogen) atoms. The molecule has 2 amide bonds. The second-order valence-electron chi connectivity index (χ2n) is 11.2. The van der Waals surface area contributed by atoms with Gasteiger partial charge in [-0.3, -0.25) is 19.2 Å². The normalized spacial score (nSPS) is 11.4. The van der Waals surface area contributed by atoms with E-state index < -0.39 is 34.7 Å². The first-order valence-electron chi connectivity index (χ1n) is 14.9. The highest BCUT2D eigenvalue weighted by Gasteiger charge is 2.25. The zero-order valence-corrected chi connectivity index (χ0v) is 26.4. The number of carbonyl (C=O) groups excluding carboxylic acids is 1. The van der Waals surface area contributed by atoms with Crippen LogP contribution in [0.2, 0.25) is 0 Å². The Morgan fingerprint density at radius 3 is 2.25 bits per heavy atom. The number of primary amides is 1. The fraction of sp³-hybridized carbons (Fsp3) is 0.143. The summed E-state index contributed by atoms with van der Waals surface area (Å²) in [6.45, 7) is 0.544. The van der Waals surface area contributed by atoms with Crippen molar-refractivity contribution in [3.63, 3.8) is 0 Å². The molecule has 0 unspecified atom stereocenters. The van der Waals surface area contributed by atoms with E-state index in [1.807, 2.05) is 30.1 Å². The van der Waals surface area contributed by atoms with E-state index in [2.05, 4.69) is 10.3 Å². The van der Waals surface area contributed by atoms with Crippen LogP contribution in [-0.2, 0) is 26.1 Å². The Morgan fingerprint density at radius 2 is 1.60 bits per heavy atom. The zero-order chi connectivity index (χ0) is 33.9. The number of anilines is 1. The number of benzene rings is 3. The summed E-state index contributed by atoms with van der Waals surface area (Å²) in [4.78, 5) is 47.3. The molecular weight excluding hydrogens is 641 g/mol. The Labute approximate surface area is 276 Å². The molecule has 244 valence electrons. The van der Waals surface area contributed by atoms with Gasteiger partial charge >= 0.3 is 11.7 Å². The predicted molar refractivity (Wildman–Crippen MR) is 180 cm³/mol. The van der Waals surface area contributed by atoms with Crippen LogP contribution in [0.3, 0.4) is 0 Å². The monoisotopic (exact) mass is 670 g/mol. The molecule has 0 aliphatic carbocycles. The van der Waals surface area contributed by atoms with Crippen LogP contribution in [0, 0.1) is 17.5 Å². The molecule has 9 nitrogen and oxygen atoms in total. The number of nitrogens with two attached hydrogens (primary N) is 1. The molecule has 0 spiro atoms. The summed E-state index contributed by atoms with van der Waals surface area (Å²) in [5.41, 5.74) is 6.43. The smallest absolute Gasteiger partial charge is 0.336 e. The molecule has 3 N–H and O–H groups in total. The van der Waals surface area contributed by atoms with Crippen LogP contribution in [0.5, 0.6) is 0 Å². The number of halogens is 3. The number of hydrogen-bond donors (Lipinski definition) is 2. The molecule has 0 radical (unpaired) electrons. The van der Waals surface area contributed by atoms with Crippen molar-refractivity contribution in [2.24, 2.45) is 5.73 Å². The van der Waals surface area contributed by atoms with Gasteiger partial charge in [0.25, 0.3) is 5.56 Å². The molecule has 3 aromatic carbocycles. The number of hydrogen-bond acceptors (Lipinski definition) is 6. The van der Waals surface area contributed by atoms with Gasteiger partial charge in [0.15, 0.2) is 0 Å². The average Bonchev–Trinajstić information content (AvgIpc) is 3.42. The van der Waals surface area contributed by atoms with E-state index in [0.717, 1.165) is 34.5 Å². The number of carbonyl (C=O) groups is 1. The lowest BCUT2D eigenvalue weighted by Gasteiger charge is -2.18. The van der Waals surface area contributed by atoms with Gasteiger partial charge in [0.1, 0.15) is 22.3 Å². The Kier molecular flexibility index (Phi) is 9.24. The second kappa shape index (κ2) is 13.7. The van der Waals surface area contributed by atoms with Gasteiger partial charge in [0, 0.05) is 42.0 Å². The lowest BCUT2D eigenvalue weighted by atomic mass is 10.1. The van der Waals surface area contributed by atoms with Crippen LogP contribution in [0.1, 0.15) is 16.8 Å². The van der Waals surface area contributed by atoms with Gasteiger partial charge in [0.05, 0.1) is 16.8 Å². The number of fused-ring (bicyclic) bond motifs is 1. The van der Waals surface area contributed by atoms with Crippen LogP contribution < -0.4 is 22.3 Å². The largest absolute Gasteiger partial charge is 0.351 e. The van der Waals surface area contributed by atoms with E-state index in [4.69, 9.17) is 5.73 Å². The SMILES string of the molecule is CN(Cc1ccccn1)Cc1c(-c2ccc(NC(N)=O)cc2)sc2c1c(=O)n(-c1ccc(F)cc1)c(=O)n2CCc1c(F)cccc1F. The minimum Gasteiger partial charge on any atom is -0.351 e. The van der Waals surface area contributed by atoms with Gasteiger partial charge in [0.2, 0.25) is 0 Å². The van der Waals surface area contributed by atoms with Gasteiger partial charge < -0.3 is 11.1 Å². The van der Waals surface area contributed by atoms with Crippen LogP contribution in [0.4, 0.5) is 23.7 Å². The Balaban J connectivity index is 1.58.